The normalized spacial score (nSPS) is 36.1. The van der Waals surface area contributed by atoms with Gasteiger partial charge in [-0.1, -0.05) is 17.4 Å². The predicted molar refractivity (Wildman–Crippen MR) is 93.6 cm³/mol. The second-order valence-electron chi connectivity index (χ2n) is 8.03. The number of imide groups is 1. The van der Waals surface area contributed by atoms with Gasteiger partial charge in [-0.15, -0.1) is 0 Å². The first kappa shape index (κ1) is 16.3. The number of fused-ring (bicyclic) bond motifs is 8. The quantitative estimate of drug-likeness (QED) is 0.461. The highest BCUT2D eigenvalue weighted by Gasteiger charge is 2.70. The minimum atomic E-state index is -0.432. The number of para-hydroxylation sites is 2. The van der Waals surface area contributed by atoms with Gasteiger partial charge in [-0.25, -0.2) is 5.01 Å². The lowest BCUT2D eigenvalue weighted by molar-refractivity contribution is -0.384. The van der Waals surface area contributed by atoms with Gasteiger partial charge in [0.1, 0.15) is 5.69 Å². The summed E-state index contributed by atoms with van der Waals surface area (Å²) >= 11 is 0. The van der Waals surface area contributed by atoms with Crippen LogP contribution in [0.1, 0.15) is 20.3 Å². The Hall–Kier alpha value is -2.84. The van der Waals surface area contributed by atoms with Gasteiger partial charge in [-0.2, -0.15) is 5.11 Å². The van der Waals surface area contributed by atoms with Crippen molar-refractivity contribution in [1.29, 1.82) is 0 Å². The molecule has 140 valence electrons. The summed E-state index contributed by atoms with van der Waals surface area (Å²) in [5.74, 6) is -0.983. The van der Waals surface area contributed by atoms with E-state index < -0.39 is 4.92 Å². The van der Waals surface area contributed by atoms with E-state index in [0.29, 0.717) is 5.69 Å². The van der Waals surface area contributed by atoms with Crippen LogP contribution in [0.2, 0.25) is 0 Å². The summed E-state index contributed by atoms with van der Waals surface area (Å²) in [5, 5.41) is 21.6. The first-order valence-electron chi connectivity index (χ1n) is 9.22. The summed E-state index contributed by atoms with van der Waals surface area (Å²) in [7, 11) is 0. The van der Waals surface area contributed by atoms with Crippen LogP contribution in [0.25, 0.3) is 0 Å². The molecule has 2 bridgehead atoms. The predicted octanol–water partition coefficient (Wildman–Crippen LogP) is 2.18. The van der Waals surface area contributed by atoms with Gasteiger partial charge in [0.15, 0.2) is 0 Å². The highest BCUT2D eigenvalue weighted by molar-refractivity contribution is 6.06. The van der Waals surface area contributed by atoms with Gasteiger partial charge in [-0.3, -0.25) is 24.6 Å². The number of nitro benzene ring substituents is 1. The average Bonchev–Trinajstić information content (AvgIpc) is 3.34. The first-order chi connectivity index (χ1) is 12.9. The summed E-state index contributed by atoms with van der Waals surface area (Å²) in [5.41, 5.74) is 0.356. The van der Waals surface area contributed by atoms with Crippen LogP contribution in [0.4, 0.5) is 11.4 Å². The SMILES string of the molecule is CC(C)N1C(=O)[C@@H]2[C@H]3C[C@@H]([C@@H]2C1=O)[C@@H]1[C@@H]3N=NN1c1ccccc1[N+](=O)[O-]. The summed E-state index contributed by atoms with van der Waals surface area (Å²) in [6.07, 6.45) is 0.740. The van der Waals surface area contributed by atoms with E-state index in [1.54, 1.807) is 23.2 Å². The van der Waals surface area contributed by atoms with Crippen LogP contribution < -0.4 is 5.01 Å². The molecular formula is C18H19N5O4. The van der Waals surface area contributed by atoms with Gasteiger partial charge < -0.3 is 0 Å². The zero-order chi connectivity index (χ0) is 19.0. The number of nitro groups is 1. The molecule has 0 radical (unpaired) electrons. The molecule has 9 nitrogen and oxygen atoms in total. The van der Waals surface area contributed by atoms with Gasteiger partial charge in [0.2, 0.25) is 11.8 Å². The molecule has 2 aliphatic heterocycles. The third-order valence-electron chi connectivity index (χ3n) is 6.53. The van der Waals surface area contributed by atoms with E-state index in [4.69, 9.17) is 0 Å². The van der Waals surface area contributed by atoms with Crippen molar-refractivity contribution in [3.05, 3.63) is 34.4 Å². The Balaban J connectivity index is 1.53. The number of rotatable bonds is 3. The molecule has 0 N–H and O–H groups in total. The fraction of sp³-hybridized carbons (Fsp3) is 0.556. The number of amides is 2. The number of anilines is 1. The van der Waals surface area contributed by atoms with Gasteiger partial charge in [-0.05, 0) is 38.2 Å². The van der Waals surface area contributed by atoms with Crippen molar-refractivity contribution in [1.82, 2.24) is 4.90 Å². The maximum Gasteiger partial charge on any atom is 0.294 e. The van der Waals surface area contributed by atoms with E-state index in [1.807, 2.05) is 13.8 Å². The number of nitrogens with zero attached hydrogens (tertiary/aromatic N) is 5. The van der Waals surface area contributed by atoms with Crippen LogP contribution in [0.5, 0.6) is 0 Å². The number of carbonyl (C=O) groups excluding carboxylic acids is 2. The van der Waals surface area contributed by atoms with Crippen LogP contribution in [0.3, 0.4) is 0 Å². The summed E-state index contributed by atoms with van der Waals surface area (Å²) in [6.45, 7) is 3.69. The van der Waals surface area contributed by atoms with Gasteiger partial charge in [0.05, 0.1) is 28.8 Å². The lowest BCUT2D eigenvalue weighted by atomic mass is 9.76. The van der Waals surface area contributed by atoms with Crippen LogP contribution >= 0.6 is 0 Å². The molecule has 4 aliphatic rings. The van der Waals surface area contributed by atoms with E-state index in [0.717, 1.165) is 6.42 Å². The third kappa shape index (κ3) is 1.94. The Morgan fingerprint density at radius 3 is 2.48 bits per heavy atom. The largest absolute Gasteiger partial charge is 0.294 e. The van der Waals surface area contributed by atoms with Crippen LogP contribution in [-0.4, -0.2) is 39.8 Å². The lowest BCUT2D eigenvalue weighted by Crippen LogP contribution is -2.47. The molecule has 0 aromatic heterocycles. The van der Waals surface area contributed by atoms with Crippen LogP contribution in [0.15, 0.2) is 34.6 Å². The van der Waals surface area contributed by atoms with Crippen molar-refractivity contribution in [3.63, 3.8) is 0 Å². The first-order valence-corrected chi connectivity index (χ1v) is 9.22. The highest BCUT2D eigenvalue weighted by atomic mass is 16.6. The molecule has 27 heavy (non-hydrogen) atoms. The van der Waals surface area contributed by atoms with Crippen molar-refractivity contribution >= 4 is 23.2 Å². The fourth-order valence-electron chi connectivity index (χ4n) is 5.64. The molecule has 6 atom stereocenters. The molecule has 9 heteroatoms. The summed E-state index contributed by atoms with van der Waals surface area (Å²) in [4.78, 5) is 38.2. The fourth-order valence-corrected chi connectivity index (χ4v) is 5.64. The second kappa shape index (κ2) is 5.34. The molecule has 1 aromatic rings. The highest BCUT2D eigenvalue weighted by Crippen LogP contribution is 2.60. The van der Waals surface area contributed by atoms with Crippen LogP contribution in [-0.2, 0) is 9.59 Å². The minimum absolute atomic E-state index is 0.0262. The Morgan fingerprint density at radius 1 is 1.15 bits per heavy atom. The van der Waals surface area contributed by atoms with Crippen LogP contribution in [0, 0.1) is 33.8 Å². The molecule has 2 heterocycles. The Labute approximate surface area is 155 Å². The number of carbonyl (C=O) groups is 2. The van der Waals surface area contributed by atoms with Crippen molar-refractivity contribution in [3.8, 4) is 0 Å². The van der Waals surface area contributed by atoms with Crippen molar-refractivity contribution in [2.75, 3.05) is 5.01 Å². The number of likely N-dealkylation sites (tertiary alicyclic amines) is 1. The van der Waals surface area contributed by atoms with Crippen molar-refractivity contribution in [2.24, 2.45) is 34.0 Å². The Bertz CT molecular complexity index is 899. The molecule has 2 saturated carbocycles. The molecule has 0 unspecified atom stereocenters. The lowest BCUT2D eigenvalue weighted by Gasteiger charge is -2.33. The zero-order valence-corrected chi connectivity index (χ0v) is 14.9. The molecule has 5 rings (SSSR count). The molecule has 1 saturated heterocycles. The number of benzene rings is 1. The van der Waals surface area contributed by atoms with E-state index in [1.165, 1.54) is 11.0 Å². The van der Waals surface area contributed by atoms with E-state index in [-0.39, 0.29) is 59.3 Å². The third-order valence-corrected chi connectivity index (χ3v) is 6.53. The molecule has 0 spiro atoms. The van der Waals surface area contributed by atoms with Gasteiger partial charge in [0, 0.05) is 12.1 Å². The zero-order valence-electron chi connectivity index (χ0n) is 14.9. The van der Waals surface area contributed by atoms with Crippen molar-refractivity contribution in [2.45, 2.75) is 38.4 Å². The Kier molecular flexibility index (Phi) is 3.23. The number of hydrogen-bond acceptors (Lipinski definition) is 7. The maximum atomic E-state index is 13.0. The second-order valence-corrected chi connectivity index (χ2v) is 8.03. The summed E-state index contributed by atoms with van der Waals surface area (Å²) in [6, 6.07) is 5.88. The van der Waals surface area contributed by atoms with E-state index >= 15 is 0 Å². The van der Waals surface area contributed by atoms with Gasteiger partial charge in [0.25, 0.3) is 5.69 Å². The number of hydrogen-bond donors (Lipinski definition) is 0. The molecule has 2 aliphatic carbocycles. The average molecular weight is 369 g/mol. The molecular weight excluding hydrogens is 350 g/mol. The topological polar surface area (TPSA) is 108 Å². The molecule has 2 amide bonds. The van der Waals surface area contributed by atoms with E-state index in [2.05, 4.69) is 10.3 Å². The Morgan fingerprint density at radius 2 is 1.81 bits per heavy atom. The maximum absolute atomic E-state index is 13.0. The summed E-state index contributed by atoms with van der Waals surface area (Å²) < 4.78 is 0. The molecule has 3 fully saturated rings. The standard InChI is InChI=1S/C18H19N5O4/c1-8(2)21-17(24)13-9-7-10(14(13)18(21)25)16-15(9)19-20-22(16)11-5-3-4-6-12(11)23(26)27/h3-6,8-10,13-16H,7H2,1-2H3/t9-,10+,13-,14+,15-,16-/m1/s1. The minimum Gasteiger partial charge on any atom is -0.280 e. The van der Waals surface area contributed by atoms with E-state index in [9.17, 15) is 19.7 Å². The monoisotopic (exact) mass is 369 g/mol. The smallest absolute Gasteiger partial charge is 0.280 e. The molecule has 1 aromatic carbocycles. The van der Waals surface area contributed by atoms with Gasteiger partial charge >= 0.3 is 0 Å². The van der Waals surface area contributed by atoms with Crippen molar-refractivity contribution < 1.29 is 14.5 Å².